The third-order valence-electron chi connectivity index (χ3n) is 3.41. The van der Waals surface area contributed by atoms with Gasteiger partial charge in [-0.1, -0.05) is 19.4 Å². The van der Waals surface area contributed by atoms with Crippen LogP contribution in [0.2, 0.25) is 0 Å². The molecule has 2 rings (SSSR count). The summed E-state index contributed by atoms with van der Waals surface area (Å²) in [5.74, 6) is 0.0223. The zero-order valence-corrected chi connectivity index (χ0v) is 12.0. The lowest BCUT2D eigenvalue weighted by atomic mass is 10.0. The van der Waals surface area contributed by atoms with Gasteiger partial charge in [0.1, 0.15) is 0 Å². The van der Waals surface area contributed by atoms with E-state index in [1.54, 1.807) is 10.9 Å². The van der Waals surface area contributed by atoms with Crippen molar-refractivity contribution in [3.63, 3.8) is 0 Å². The Morgan fingerprint density at radius 3 is 2.90 bits per heavy atom. The summed E-state index contributed by atoms with van der Waals surface area (Å²) in [4.78, 5) is 15.1. The van der Waals surface area contributed by atoms with Crippen molar-refractivity contribution in [3.8, 4) is 0 Å². The van der Waals surface area contributed by atoms with Gasteiger partial charge >= 0.3 is 5.97 Å². The fourth-order valence-electron chi connectivity index (χ4n) is 2.16. The number of aryl methyl sites for hydroxylation is 2. The molecule has 0 amide bonds. The predicted octanol–water partition coefficient (Wildman–Crippen LogP) is 1.35. The van der Waals surface area contributed by atoms with Gasteiger partial charge in [0, 0.05) is 31.3 Å². The van der Waals surface area contributed by atoms with Gasteiger partial charge < -0.3 is 5.11 Å². The minimum absolute atomic E-state index is 0.0413. The zero-order valence-electron chi connectivity index (χ0n) is 12.0. The minimum Gasteiger partial charge on any atom is -0.481 e. The normalized spacial score (nSPS) is 12.2. The van der Waals surface area contributed by atoms with E-state index in [0.717, 1.165) is 24.4 Å². The Labute approximate surface area is 123 Å². The fourth-order valence-corrected chi connectivity index (χ4v) is 2.16. The van der Waals surface area contributed by atoms with Crippen LogP contribution in [0.25, 0.3) is 0 Å². The Balaban J connectivity index is 1.96. The van der Waals surface area contributed by atoms with Crippen molar-refractivity contribution >= 4 is 5.97 Å². The van der Waals surface area contributed by atoms with Crippen molar-refractivity contribution < 1.29 is 9.90 Å². The molecule has 2 aromatic rings. The van der Waals surface area contributed by atoms with Gasteiger partial charge in [-0.05, 0) is 34.9 Å². The highest BCUT2D eigenvalue weighted by Gasteiger charge is 2.15. The van der Waals surface area contributed by atoms with Crippen molar-refractivity contribution in [3.05, 3.63) is 35.9 Å². The first-order valence-electron chi connectivity index (χ1n) is 7.05. The number of pyridine rings is 1. The lowest BCUT2D eigenvalue weighted by Crippen LogP contribution is -2.17. The van der Waals surface area contributed by atoms with E-state index in [2.05, 4.69) is 20.5 Å². The number of rotatable bonds is 8. The molecular weight excluding hydrogens is 270 g/mol. The number of hydrogen-bond donors (Lipinski definition) is 1. The maximum absolute atomic E-state index is 10.8. The molecule has 112 valence electrons. The molecule has 0 fully saturated rings. The van der Waals surface area contributed by atoms with Crippen molar-refractivity contribution in [1.29, 1.82) is 0 Å². The number of tetrazole rings is 1. The molecule has 0 aliphatic rings. The molecule has 0 aliphatic heterocycles. The number of carboxylic acids is 1. The topological polar surface area (TPSA) is 93.8 Å². The van der Waals surface area contributed by atoms with Crippen molar-refractivity contribution in [2.45, 2.75) is 39.2 Å². The molecule has 0 saturated carbocycles. The van der Waals surface area contributed by atoms with Crippen molar-refractivity contribution in [2.75, 3.05) is 0 Å². The van der Waals surface area contributed by atoms with Crippen LogP contribution in [0.1, 0.15) is 31.3 Å². The highest BCUT2D eigenvalue weighted by molar-refractivity contribution is 5.66. The van der Waals surface area contributed by atoms with E-state index >= 15 is 0 Å². The first-order chi connectivity index (χ1) is 10.2. The zero-order chi connectivity index (χ0) is 15.1. The maximum atomic E-state index is 10.8. The summed E-state index contributed by atoms with van der Waals surface area (Å²) >= 11 is 0. The molecule has 2 aromatic heterocycles. The number of carboxylic acid groups (broad SMARTS) is 1. The van der Waals surface area contributed by atoms with Gasteiger partial charge in [-0.2, -0.15) is 0 Å². The van der Waals surface area contributed by atoms with Gasteiger partial charge in [0.2, 0.25) is 0 Å². The molecule has 1 N–H and O–H groups in total. The summed E-state index contributed by atoms with van der Waals surface area (Å²) in [5, 5.41) is 20.6. The van der Waals surface area contributed by atoms with E-state index in [1.807, 2.05) is 25.1 Å². The van der Waals surface area contributed by atoms with Crippen molar-refractivity contribution in [2.24, 2.45) is 5.92 Å². The quantitative estimate of drug-likeness (QED) is 0.788. The summed E-state index contributed by atoms with van der Waals surface area (Å²) < 4.78 is 1.71. The second kappa shape index (κ2) is 7.47. The second-order valence-electron chi connectivity index (χ2n) is 4.97. The van der Waals surface area contributed by atoms with Gasteiger partial charge in [0.05, 0.1) is 0 Å². The van der Waals surface area contributed by atoms with Gasteiger partial charge in [0.15, 0.2) is 5.82 Å². The lowest BCUT2D eigenvalue weighted by Gasteiger charge is -2.12. The molecule has 7 nitrogen and oxygen atoms in total. The Hall–Kier alpha value is -2.31. The number of aliphatic carboxylic acids is 1. The number of aromatic nitrogens is 5. The van der Waals surface area contributed by atoms with Crippen LogP contribution in [0.4, 0.5) is 0 Å². The Bertz CT molecular complexity index is 570. The largest absolute Gasteiger partial charge is 0.481 e. The molecule has 0 aliphatic carbocycles. The van der Waals surface area contributed by atoms with Crippen molar-refractivity contribution in [1.82, 2.24) is 25.2 Å². The Morgan fingerprint density at radius 2 is 2.24 bits per heavy atom. The molecule has 21 heavy (non-hydrogen) atoms. The lowest BCUT2D eigenvalue weighted by molar-refractivity contribution is -0.138. The Kier molecular flexibility index (Phi) is 5.36. The third-order valence-corrected chi connectivity index (χ3v) is 3.41. The van der Waals surface area contributed by atoms with Crippen LogP contribution >= 0.6 is 0 Å². The Morgan fingerprint density at radius 1 is 1.38 bits per heavy atom. The van der Waals surface area contributed by atoms with Crippen LogP contribution in [0.3, 0.4) is 0 Å². The fraction of sp³-hybridized carbons (Fsp3) is 0.500. The molecule has 1 unspecified atom stereocenters. The minimum atomic E-state index is -0.787. The summed E-state index contributed by atoms with van der Waals surface area (Å²) in [6.45, 7) is 2.51. The maximum Gasteiger partial charge on any atom is 0.303 e. The summed E-state index contributed by atoms with van der Waals surface area (Å²) in [7, 11) is 0. The molecule has 0 spiro atoms. The third kappa shape index (κ3) is 4.62. The van der Waals surface area contributed by atoms with E-state index in [0.29, 0.717) is 13.0 Å². The van der Waals surface area contributed by atoms with Gasteiger partial charge in [-0.25, -0.2) is 4.68 Å². The predicted molar refractivity (Wildman–Crippen MR) is 75.5 cm³/mol. The van der Waals surface area contributed by atoms with Crippen LogP contribution in [-0.4, -0.2) is 36.3 Å². The number of carbonyl (C=O) groups is 1. The van der Waals surface area contributed by atoms with Gasteiger partial charge in [-0.15, -0.1) is 5.10 Å². The molecule has 0 saturated heterocycles. The molecule has 0 bridgehead atoms. The molecular formula is C14H19N5O2. The van der Waals surface area contributed by atoms with Crippen LogP contribution in [0.5, 0.6) is 0 Å². The smallest absolute Gasteiger partial charge is 0.303 e. The SMILES string of the molecule is CCC(CC(=O)O)Cn1nnnc1CCc1ccccn1. The standard InChI is InChI=1S/C14H19N5O2/c1-2-11(9-14(20)21)10-19-13(16-17-18-19)7-6-12-5-3-4-8-15-12/h3-5,8,11H,2,6-7,9-10H2,1H3,(H,20,21). The molecule has 7 heteroatoms. The average molecular weight is 289 g/mol. The van der Waals surface area contributed by atoms with E-state index in [1.165, 1.54) is 0 Å². The highest BCUT2D eigenvalue weighted by atomic mass is 16.4. The van der Waals surface area contributed by atoms with Crippen LogP contribution < -0.4 is 0 Å². The summed E-state index contributed by atoms with van der Waals surface area (Å²) in [5.41, 5.74) is 0.990. The van der Waals surface area contributed by atoms with Gasteiger partial charge in [-0.3, -0.25) is 9.78 Å². The summed E-state index contributed by atoms with van der Waals surface area (Å²) in [6.07, 6.45) is 4.13. The van der Waals surface area contributed by atoms with Gasteiger partial charge in [0.25, 0.3) is 0 Å². The molecule has 0 radical (unpaired) electrons. The number of nitrogens with zero attached hydrogens (tertiary/aromatic N) is 5. The molecule has 0 aromatic carbocycles. The average Bonchev–Trinajstić information content (AvgIpc) is 2.92. The van der Waals surface area contributed by atoms with E-state index in [4.69, 9.17) is 5.11 Å². The second-order valence-corrected chi connectivity index (χ2v) is 4.97. The molecule has 1 atom stereocenters. The van der Waals surface area contributed by atoms with Crippen LogP contribution in [0, 0.1) is 5.92 Å². The van der Waals surface area contributed by atoms with E-state index < -0.39 is 5.97 Å². The number of hydrogen-bond acceptors (Lipinski definition) is 5. The van der Waals surface area contributed by atoms with E-state index in [-0.39, 0.29) is 12.3 Å². The highest BCUT2D eigenvalue weighted by Crippen LogP contribution is 2.12. The first-order valence-corrected chi connectivity index (χ1v) is 7.05. The first kappa shape index (κ1) is 15.1. The monoisotopic (exact) mass is 289 g/mol. The summed E-state index contributed by atoms with van der Waals surface area (Å²) in [6, 6.07) is 5.80. The van der Waals surface area contributed by atoms with Crippen LogP contribution in [0.15, 0.2) is 24.4 Å². The molecule has 2 heterocycles. The van der Waals surface area contributed by atoms with Crippen LogP contribution in [-0.2, 0) is 24.2 Å². The van der Waals surface area contributed by atoms with E-state index in [9.17, 15) is 4.79 Å².